The van der Waals surface area contributed by atoms with E-state index in [1.165, 1.54) is 11.1 Å². The largest absolute Gasteiger partial charge is 0.497 e. The molecule has 1 aliphatic rings. The maximum absolute atomic E-state index is 6.19. The third-order valence-electron chi connectivity index (χ3n) is 4.04. The van der Waals surface area contributed by atoms with Crippen LogP contribution in [0.1, 0.15) is 35.6 Å². The van der Waals surface area contributed by atoms with Crippen LogP contribution in [0.4, 0.5) is 0 Å². The van der Waals surface area contributed by atoms with Gasteiger partial charge in [0.1, 0.15) is 18.1 Å². The minimum absolute atomic E-state index is 0.147. The lowest BCUT2D eigenvalue weighted by Gasteiger charge is -2.24. The predicted molar refractivity (Wildman–Crippen MR) is 83.6 cm³/mol. The van der Waals surface area contributed by atoms with Crippen molar-refractivity contribution in [1.82, 2.24) is 0 Å². The quantitative estimate of drug-likeness (QED) is 0.932. The molecule has 1 atom stereocenters. The summed E-state index contributed by atoms with van der Waals surface area (Å²) in [5.41, 5.74) is 9.81. The average Bonchev–Trinajstić information content (AvgIpc) is 2.53. The Bertz CT molecular complexity index is 624. The van der Waals surface area contributed by atoms with Gasteiger partial charge >= 0.3 is 0 Å². The van der Waals surface area contributed by atoms with Crippen molar-refractivity contribution >= 4 is 0 Å². The Hall–Kier alpha value is -2.00. The zero-order chi connectivity index (χ0) is 14.7. The standard InChI is InChI=1S/C18H21NO2/c1-20-14-6-2-5-13(11-14)12-21-18-10-4-7-15-16(18)8-3-9-17(15)19/h2,4-7,10-11,17H,3,8-9,12,19H2,1H3. The number of rotatable bonds is 4. The van der Waals surface area contributed by atoms with Crippen LogP contribution in [0.5, 0.6) is 11.5 Å². The van der Waals surface area contributed by atoms with Crippen molar-refractivity contribution in [1.29, 1.82) is 0 Å². The maximum atomic E-state index is 6.19. The fourth-order valence-electron chi connectivity index (χ4n) is 2.91. The lowest BCUT2D eigenvalue weighted by molar-refractivity contribution is 0.299. The highest BCUT2D eigenvalue weighted by molar-refractivity contribution is 5.43. The SMILES string of the molecule is COc1cccc(COc2cccc3c2CCCC3N)c1. The third kappa shape index (κ3) is 3.03. The normalized spacial score (nSPS) is 17.1. The Morgan fingerprint density at radius 2 is 2.05 bits per heavy atom. The van der Waals surface area contributed by atoms with E-state index in [0.29, 0.717) is 6.61 Å². The van der Waals surface area contributed by atoms with E-state index in [1.807, 2.05) is 36.4 Å². The fourth-order valence-corrected chi connectivity index (χ4v) is 2.91. The van der Waals surface area contributed by atoms with Crippen molar-refractivity contribution < 1.29 is 9.47 Å². The van der Waals surface area contributed by atoms with Crippen molar-refractivity contribution in [2.75, 3.05) is 7.11 Å². The fraction of sp³-hybridized carbons (Fsp3) is 0.333. The van der Waals surface area contributed by atoms with E-state index in [2.05, 4.69) is 6.07 Å². The van der Waals surface area contributed by atoms with Crippen molar-refractivity contribution in [3.63, 3.8) is 0 Å². The number of hydrogen-bond donors (Lipinski definition) is 1. The summed E-state index contributed by atoms with van der Waals surface area (Å²) in [7, 11) is 1.68. The lowest BCUT2D eigenvalue weighted by Crippen LogP contribution is -2.18. The van der Waals surface area contributed by atoms with Gasteiger partial charge in [0, 0.05) is 6.04 Å². The Kier molecular flexibility index (Phi) is 4.11. The third-order valence-corrected chi connectivity index (χ3v) is 4.04. The minimum atomic E-state index is 0.147. The highest BCUT2D eigenvalue weighted by atomic mass is 16.5. The van der Waals surface area contributed by atoms with Crippen LogP contribution in [0, 0.1) is 0 Å². The molecule has 0 radical (unpaired) electrons. The topological polar surface area (TPSA) is 44.5 Å². The van der Waals surface area contributed by atoms with E-state index >= 15 is 0 Å². The summed E-state index contributed by atoms with van der Waals surface area (Å²) < 4.78 is 11.3. The van der Waals surface area contributed by atoms with E-state index in [9.17, 15) is 0 Å². The van der Waals surface area contributed by atoms with Crippen LogP contribution < -0.4 is 15.2 Å². The van der Waals surface area contributed by atoms with E-state index < -0.39 is 0 Å². The van der Waals surface area contributed by atoms with Crippen LogP contribution in [0.15, 0.2) is 42.5 Å². The van der Waals surface area contributed by atoms with Gasteiger partial charge in [-0.15, -0.1) is 0 Å². The molecule has 0 spiro atoms. The summed E-state index contributed by atoms with van der Waals surface area (Å²) in [4.78, 5) is 0. The highest BCUT2D eigenvalue weighted by Crippen LogP contribution is 2.34. The predicted octanol–water partition coefficient (Wildman–Crippen LogP) is 3.61. The first kappa shape index (κ1) is 14.0. The molecule has 2 aromatic rings. The van der Waals surface area contributed by atoms with Crippen LogP contribution >= 0.6 is 0 Å². The van der Waals surface area contributed by atoms with Crippen molar-refractivity contribution in [3.05, 3.63) is 59.2 Å². The summed E-state index contributed by atoms with van der Waals surface area (Å²) >= 11 is 0. The summed E-state index contributed by atoms with van der Waals surface area (Å²) in [6, 6.07) is 14.3. The van der Waals surface area contributed by atoms with Gasteiger partial charge < -0.3 is 15.2 Å². The number of methoxy groups -OCH3 is 1. The zero-order valence-electron chi connectivity index (χ0n) is 12.3. The van der Waals surface area contributed by atoms with Crippen LogP contribution in [0.2, 0.25) is 0 Å². The molecule has 21 heavy (non-hydrogen) atoms. The molecule has 0 amide bonds. The molecule has 1 aliphatic carbocycles. The van der Waals surface area contributed by atoms with Gasteiger partial charge in [0.15, 0.2) is 0 Å². The van der Waals surface area contributed by atoms with Crippen molar-refractivity contribution in [2.45, 2.75) is 31.9 Å². The van der Waals surface area contributed by atoms with Gasteiger partial charge in [-0.25, -0.2) is 0 Å². The van der Waals surface area contributed by atoms with Crippen molar-refractivity contribution in [2.24, 2.45) is 5.73 Å². The first-order chi connectivity index (χ1) is 10.3. The Balaban J connectivity index is 1.77. The molecule has 1 unspecified atom stereocenters. The molecular weight excluding hydrogens is 262 g/mol. The monoisotopic (exact) mass is 283 g/mol. The zero-order valence-corrected chi connectivity index (χ0v) is 12.3. The first-order valence-electron chi connectivity index (χ1n) is 7.41. The molecule has 0 saturated heterocycles. The molecule has 0 heterocycles. The van der Waals surface area contributed by atoms with Gasteiger partial charge in [0.25, 0.3) is 0 Å². The lowest BCUT2D eigenvalue weighted by atomic mass is 9.87. The second-order valence-electron chi connectivity index (χ2n) is 5.46. The summed E-state index contributed by atoms with van der Waals surface area (Å²) in [5.74, 6) is 1.82. The summed E-state index contributed by atoms with van der Waals surface area (Å²) in [6.07, 6.45) is 3.25. The van der Waals surface area contributed by atoms with Gasteiger partial charge in [-0.3, -0.25) is 0 Å². The molecule has 3 heteroatoms. The molecule has 3 nitrogen and oxygen atoms in total. The molecule has 0 saturated carbocycles. The van der Waals surface area contributed by atoms with Gasteiger partial charge in [-0.2, -0.15) is 0 Å². The minimum Gasteiger partial charge on any atom is -0.497 e. The Morgan fingerprint density at radius 3 is 2.90 bits per heavy atom. The van der Waals surface area contributed by atoms with E-state index in [-0.39, 0.29) is 6.04 Å². The molecular formula is C18H21NO2. The number of ether oxygens (including phenoxy) is 2. The molecule has 3 rings (SSSR count). The number of fused-ring (bicyclic) bond motifs is 1. The molecule has 0 fully saturated rings. The second kappa shape index (κ2) is 6.19. The van der Waals surface area contributed by atoms with Crippen molar-refractivity contribution in [3.8, 4) is 11.5 Å². The maximum Gasteiger partial charge on any atom is 0.123 e. The van der Waals surface area contributed by atoms with E-state index in [0.717, 1.165) is 36.3 Å². The molecule has 0 bridgehead atoms. The molecule has 0 aromatic heterocycles. The van der Waals surface area contributed by atoms with E-state index in [4.69, 9.17) is 15.2 Å². The van der Waals surface area contributed by atoms with Crippen LogP contribution in [-0.4, -0.2) is 7.11 Å². The number of hydrogen-bond acceptors (Lipinski definition) is 3. The van der Waals surface area contributed by atoms with E-state index in [1.54, 1.807) is 7.11 Å². The second-order valence-corrected chi connectivity index (χ2v) is 5.46. The highest BCUT2D eigenvalue weighted by Gasteiger charge is 2.19. The van der Waals surface area contributed by atoms with Crippen LogP contribution in [0.25, 0.3) is 0 Å². The molecule has 110 valence electrons. The number of nitrogens with two attached hydrogens (primary N) is 1. The van der Waals surface area contributed by atoms with Gasteiger partial charge in [0.05, 0.1) is 7.11 Å². The molecule has 2 aromatic carbocycles. The van der Waals surface area contributed by atoms with Gasteiger partial charge in [0.2, 0.25) is 0 Å². The Morgan fingerprint density at radius 1 is 1.19 bits per heavy atom. The molecule has 0 aliphatic heterocycles. The first-order valence-corrected chi connectivity index (χ1v) is 7.41. The van der Waals surface area contributed by atoms with Crippen LogP contribution in [-0.2, 0) is 13.0 Å². The average molecular weight is 283 g/mol. The molecule has 2 N–H and O–H groups in total. The summed E-state index contributed by atoms with van der Waals surface area (Å²) in [6.45, 7) is 0.545. The van der Waals surface area contributed by atoms with Gasteiger partial charge in [-0.05, 0) is 54.2 Å². The van der Waals surface area contributed by atoms with Gasteiger partial charge in [-0.1, -0.05) is 24.3 Å². The number of benzene rings is 2. The summed E-state index contributed by atoms with van der Waals surface area (Å²) in [5, 5.41) is 0. The Labute approximate surface area is 125 Å². The van der Waals surface area contributed by atoms with Crippen LogP contribution in [0.3, 0.4) is 0 Å². The smallest absolute Gasteiger partial charge is 0.123 e.